The molecule has 1 unspecified atom stereocenters. The average molecular weight is 284 g/mol. The maximum absolute atomic E-state index is 12.2. The summed E-state index contributed by atoms with van der Waals surface area (Å²) >= 11 is 0. The summed E-state index contributed by atoms with van der Waals surface area (Å²) in [4.78, 5) is 25.2. The minimum atomic E-state index is -0.380. The van der Waals surface area contributed by atoms with Gasteiger partial charge in [0, 0.05) is 30.9 Å². The average Bonchev–Trinajstić information content (AvgIpc) is 3.11. The summed E-state index contributed by atoms with van der Waals surface area (Å²) in [6.07, 6.45) is 4.53. The van der Waals surface area contributed by atoms with Crippen LogP contribution in [-0.4, -0.2) is 40.0 Å². The number of likely N-dealkylation sites (N-methyl/N-ethyl adjacent to an activating group) is 1. The molecule has 1 aliphatic rings. The van der Waals surface area contributed by atoms with Crippen molar-refractivity contribution in [3.63, 3.8) is 0 Å². The molecular weight excluding hydrogens is 268 g/mol. The van der Waals surface area contributed by atoms with E-state index in [0.29, 0.717) is 18.5 Å². The fourth-order valence-corrected chi connectivity index (χ4v) is 2.52. The lowest BCUT2D eigenvalue weighted by Gasteiger charge is -2.19. The van der Waals surface area contributed by atoms with Crippen molar-refractivity contribution in [1.29, 1.82) is 0 Å². The van der Waals surface area contributed by atoms with Crippen molar-refractivity contribution in [2.75, 3.05) is 12.4 Å². The highest BCUT2D eigenvalue weighted by Gasteiger charge is 2.33. The number of carbonyl (C=O) groups is 2. The molecule has 3 rings (SSSR count). The summed E-state index contributed by atoms with van der Waals surface area (Å²) in [5, 5.41) is 9.55. The van der Waals surface area contributed by atoms with Gasteiger partial charge in [0.15, 0.2) is 0 Å². The Balaban J connectivity index is 1.75. The molecule has 2 heterocycles. The van der Waals surface area contributed by atoms with Gasteiger partial charge in [0.25, 0.3) is 0 Å². The standard InChI is InChI=1S/C15H16N4O2/c1-19-13(5-6-14(19)20)15(21)18-12-4-2-3-10(7-12)11-8-16-17-9-11/h2-4,7-9,13H,5-6H2,1H3,(H,16,17)(H,18,21). The number of H-pyrrole nitrogens is 1. The van der Waals surface area contributed by atoms with Crippen LogP contribution in [0, 0.1) is 0 Å². The van der Waals surface area contributed by atoms with Crippen LogP contribution in [0.2, 0.25) is 0 Å². The number of aromatic amines is 1. The highest BCUT2D eigenvalue weighted by molar-refractivity contribution is 5.99. The summed E-state index contributed by atoms with van der Waals surface area (Å²) in [5.74, 6) is -0.130. The minimum absolute atomic E-state index is 0.0160. The third-order valence-electron chi connectivity index (χ3n) is 3.76. The van der Waals surface area contributed by atoms with E-state index < -0.39 is 0 Å². The van der Waals surface area contributed by atoms with E-state index in [-0.39, 0.29) is 17.9 Å². The van der Waals surface area contributed by atoms with E-state index in [9.17, 15) is 9.59 Å². The first kappa shape index (κ1) is 13.4. The Hall–Kier alpha value is -2.63. The molecule has 0 radical (unpaired) electrons. The molecular formula is C15H16N4O2. The second-order valence-corrected chi connectivity index (χ2v) is 5.12. The highest BCUT2D eigenvalue weighted by Crippen LogP contribution is 2.23. The number of carbonyl (C=O) groups excluding carboxylic acids is 2. The van der Waals surface area contributed by atoms with E-state index in [1.165, 1.54) is 4.90 Å². The topological polar surface area (TPSA) is 78.1 Å². The van der Waals surface area contributed by atoms with Crippen LogP contribution in [0.5, 0.6) is 0 Å². The molecule has 6 heteroatoms. The second-order valence-electron chi connectivity index (χ2n) is 5.12. The van der Waals surface area contributed by atoms with Crippen LogP contribution in [0.25, 0.3) is 11.1 Å². The van der Waals surface area contributed by atoms with E-state index in [2.05, 4.69) is 15.5 Å². The highest BCUT2D eigenvalue weighted by atomic mass is 16.2. The Morgan fingerprint density at radius 3 is 2.95 bits per heavy atom. The van der Waals surface area contributed by atoms with Gasteiger partial charge in [-0.3, -0.25) is 14.7 Å². The van der Waals surface area contributed by atoms with Crippen LogP contribution in [-0.2, 0) is 9.59 Å². The van der Waals surface area contributed by atoms with Crippen molar-refractivity contribution in [1.82, 2.24) is 15.1 Å². The van der Waals surface area contributed by atoms with Gasteiger partial charge < -0.3 is 10.2 Å². The number of rotatable bonds is 3. The molecule has 1 aliphatic heterocycles. The fraction of sp³-hybridized carbons (Fsp3) is 0.267. The molecule has 108 valence electrons. The molecule has 1 fully saturated rings. The zero-order valence-electron chi connectivity index (χ0n) is 11.7. The summed E-state index contributed by atoms with van der Waals surface area (Å²) in [6.45, 7) is 0. The molecule has 1 aromatic carbocycles. The van der Waals surface area contributed by atoms with E-state index in [0.717, 1.165) is 11.1 Å². The number of likely N-dealkylation sites (tertiary alicyclic amines) is 1. The van der Waals surface area contributed by atoms with Crippen molar-refractivity contribution in [3.8, 4) is 11.1 Å². The van der Waals surface area contributed by atoms with E-state index in [1.54, 1.807) is 19.4 Å². The SMILES string of the molecule is CN1C(=O)CCC1C(=O)Nc1cccc(-c2cn[nH]c2)c1. The number of hydrogen-bond acceptors (Lipinski definition) is 3. The van der Waals surface area contributed by atoms with Crippen molar-refractivity contribution in [2.45, 2.75) is 18.9 Å². The van der Waals surface area contributed by atoms with Crippen LogP contribution in [0.15, 0.2) is 36.7 Å². The molecule has 21 heavy (non-hydrogen) atoms. The summed E-state index contributed by atoms with van der Waals surface area (Å²) in [5.41, 5.74) is 2.64. The summed E-state index contributed by atoms with van der Waals surface area (Å²) < 4.78 is 0. The molecule has 2 aromatic rings. The van der Waals surface area contributed by atoms with Crippen LogP contribution >= 0.6 is 0 Å². The summed E-state index contributed by atoms with van der Waals surface area (Å²) in [6, 6.07) is 7.17. The largest absolute Gasteiger partial charge is 0.334 e. The quantitative estimate of drug-likeness (QED) is 0.899. The molecule has 1 saturated heterocycles. The molecule has 6 nitrogen and oxygen atoms in total. The van der Waals surface area contributed by atoms with Gasteiger partial charge in [0.2, 0.25) is 11.8 Å². The second kappa shape index (κ2) is 5.40. The molecule has 0 bridgehead atoms. The van der Waals surface area contributed by atoms with E-state index >= 15 is 0 Å². The molecule has 1 atom stereocenters. The van der Waals surface area contributed by atoms with Crippen molar-refractivity contribution in [2.24, 2.45) is 0 Å². The van der Waals surface area contributed by atoms with Gasteiger partial charge in [0.1, 0.15) is 6.04 Å². The molecule has 1 aromatic heterocycles. The van der Waals surface area contributed by atoms with Gasteiger partial charge in [-0.2, -0.15) is 5.10 Å². The lowest BCUT2D eigenvalue weighted by molar-refractivity contribution is -0.131. The first-order valence-electron chi connectivity index (χ1n) is 6.81. The van der Waals surface area contributed by atoms with Crippen LogP contribution in [0.1, 0.15) is 12.8 Å². The number of nitrogens with zero attached hydrogens (tertiary/aromatic N) is 2. The van der Waals surface area contributed by atoms with Crippen LogP contribution < -0.4 is 5.32 Å². The Morgan fingerprint density at radius 2 is 2.29 bits per heavy atom. The van der Waals surface area contributed by atoms with Gasteiger partial charge in [-0.25, -0.2) is 0 Å². The Labute approximate surface area is 122 Å². The molecule has 2 N–H and O–H groups in total. The zero-order chi connectivity index (χ0) is 14.8. The normalized spacial score (nSPS) is 18.0. The van der Waals surface area contributed by atoms with Crippen molar-refractivity contribution < 1.29 is 9.59 Å². The van der Waals surface area contributed by atoms with Gasteiger partial charge in [-0.15, -0.1) is 0 Å². The number of amides is 2. The smallest absolute Gasteiger partial charge is 0.247 e. The Bertz CT molecular complexity index is 666. The van der Waals surface area contributed by atoms with Gasteiger partial charge in [-0.05, 0) is 24.1 Å². The summed E-state index contributed by atoms with van der Waals surface area (Å²) in [7, 11) is 1.67. The van der Waals surface area contributed by atoms with Crippen molar-refractivity contribution >= 4 is 17.5 Å². The monoisotopic (exact) mass is 284 g/mol. The minimum Gasteiger partial charge on any atom is -0.334 e. The lowest BCUT2D eigenvalue weighted by Crippen LogP contribution is -2.38. The van der Waals surface area contributed by atoms with Crippen LogP contribution in [0.4, 0.5) is 5.69 Å². The third-order valence-corrected chi connectivity index (χ3v) is 3.76. The van der Waals surface area contributed by atoms with Gasteiger partial charge in [0.05, 0.1) is 6.20 Å². The Morgan fingerprint density at radius 1 is 1.43 bits per heavy atom. The van der Waals surface area contributed by atoms with Crippen LogP contribution in [0.3, 0.4) is 0 Å². The first-order valence-corrected chi connectivity index (χ1v) is 6.81. The Kier molecular flexibility index (Phi) is 3.43. The zero-order valence-corrected chi connectivity index (χ0v) is 11.7. The fourth-order valence-electron chi connectivity index (χ4n) is 2.52. The third kappa shape index (κ3) is 2.65. The van der Waals surface area contributed by atoms with E-state index in [4.69, 9.17) is 0 Å². The molecule has 0 spiro atoms. The van der Waals surface area contributed by atoms with Gasteiger partial charge in [-0.1, -0.05) is 12.1 Å². The number of anilines is 1. The van der Waals surface area contributed by atoms with Gasteiger partial charge >= 0.3 is 0 Å². The number of hydrogen-bond donors (Lipinski definition) is 2. The molecule has 0 aliphatic carbocycles. The number of benzene rings is 1. The van der Waals surface area contributed by atoms with Crippen molar-refractivity contribution in [3.05, 3.63) is 36.7 Å². The lowest BCUT2D eigenvalue weighted by atomic mass is 10.1. The number of aromatic nitrogens is 2. The maximum Gasteiger partial charge on any atom is 0.247 e. The molecule has 0 saturated carbocycles. The number of nitrogens with one attached hydrogen (secondary N) is 2. The molecule has 2 amide bonds. The predicted molar refractivity (Wildman–Crippen MR) is 78.4 cm³/mol. The van der Waals surface area contributed by atoms with E-state index in [1.807, 2.05) is 24.3 Å². The first-order chi connectivity index (χ1) is 10.1. The maximum atomic E-state index is 12.2. The predicted octanol–water partition coefficient (Wildman–Crippen LogP) is 1.64.